The summed E-state index contributed by atoms with van der Waals surface area (Å²) in [7, 11) is 1.42. The highest BCUT2D eigenvalue weighted by molar-refractivity contribution is 6.09. The molecule has 28 heavy (non-hydrogen) atoms. The summed E-state index contributed by atoms with van der Waals surface area (Å²) in [6.07, 6.45) is 0. The first kappa shape index (κ1) is 17.6. The van der Waals surface area contributed by atoms with Crippen LogP contribution in [0.5, 0.6) is 11.5 Å². The molecule has 4 aromatic rings. The number of para-hydroxylation sites is 1. The number of rotatable bonds is 4. The van der Waals surface area contributed by atoms with Gasteiger partial charge in [-0.2, -0.15) is 5.10 Å². The maximum absolute atomic E-state index is 12.4. The summed E-state index contributed by atoms with van der Waals surface area (Å²) in [5.41, 5.74) is 3.78. The fourth-order valence-corrected chi connectivity index (χ4v) is 3.09. The molecule has 140 valence electrons. The van der Waals surface area contributed by atoms with Crippen LogP contribution in [0, 0.1) is 0 Å². The number of phenols is 1. The molecule has 0 spiro atoms. The van der Waals surface area contributed by atoms with Gasteiger partial charge in [0.05, 0.1) is 12.7 Å². The molecule has 0 fully saturated rings. The first-order valence-electron chi connectivity index (χ1n) is 8.70. The van der Waals surface area contributed by atoms with E-state index in [2.05, 4.69) is 10.5 Å². The highest BCUT2D eigenvalue weighted by Gasteiger charge is 2.15. The molecule has 0 unspecified atom stereocenters. The summed E-state index contributed by atoms with van der Waals surface area (Å²) in [5.74, 6) is 0.00176. The summed E-state index contributed by atoms with van der Waals surface area (Å²) in [5, 5.41) is 17.4. The Hall–Kier alpha value is -3.80. The summed E-state index contributed by atoms with van der Waals surface area (Å²) >= 11 is 0. The smallest absolute Gasteiger partial charge is 0.275 e. The number of hydrogen-bond donors (Lipinski definition) is 2. The van der Waals surface area contributed by atoms with Crippen molar-refractivity contribution in [3.63, 3.8) is 0 Å². The lowest BCUT2D eigenvalue weighted by molar-refractivity contribution is 0.0951. The Morgan fingerprint density at radius 1 is 1.07 bits per heavy atom. The van der Waals surface area contributed by atoms with Crippen molar-refractivity contribution in [2.24, 2.45) is 5.10 Å². The molecule has 0 saturated carbocycles. The molecule has 0 radical (unpaired) electrons. The topological polar surface area (TPSA) is 84.1 Å². The monoisotopic (exact) mass is 374 g/mol. The lowest BCUT2D eigenvalue weighted by Gasteiger charge is -2.07. The quantitative estimate of drug-likeness (QED) is 0.408. The van der Waals surface area contributed by atoms with Gasteiger partial charge in [-0.05, 0) is 42.0 Å². The van der Waals surface area contributed by atoms with Crippen molar-refractivity contribution in [3.05, 3.63) is 72.0 Å². The third-order valence-electron chi connectivity index (χ3n) is 4.57. The fraction of sp³-hybridized carbons (Fsp3) is 0.0909. The van der Waals surface area contributed by atoms with Crippen LogP contribution in [0.4, 0.5) is 0 Å². The van der Waals surface area contributed by atoms with E-state index in [1.165, 1.54) is 13.2 Å². The van der Waals surface area contributed by atoms with Crippen molar-refractivity contribution in [1.29, 1.82) is 0 Å². The molecule has 2 N–H and O–H groups in total. The molecular weight excluding hydrogens is 356 g/mol. The van der Waals surface area contributed by atoms with Crippen molar-refractivity contribution < 1.29 is 19.1 Å². The number of carbonyl (C=O) groups excluding carboxylic acids is 1. The van der Waals surface area contributed by atoms with Crippen LogP contribution in [0.1, 0.15) is 23.0 Å². The molecule has 1 amide bonds. The van der Waals surface area contributed by atoms with E-state index in [1.807, 2.05) is 42.5 Å². The summed E-state index contributed by atoms with van der Waals surface area (Å²) in [6, 6.07) is 18.6. The zero-order valence-corrected chi connectivity index (χ0v) is 15.4. The molecule has 0 saturated heterocycles. The van der Waals surface area contributed by atoms with Crippen LogP contribution >= 0.6 is 0 Å². The molecule has 4 rings (SSSR count). The molecular formula is C22H18N2O4. The van der Waals surface area contributed by atoms with Crippen LogP contribution in [0.15, 0.2) is 70.2 Å². The second-order valence-corrected chi connectivity index (χ2v) is 6.30. The third kappa shape index (κ3) is 3.05. The first-order valence-corrected chi connectivity index (χ1v) is 8.70. The minimum absolute atomic E-state index is 0.0755. The standard InChI is InChI=1S/C22H18N2O4/c1-13(23-24-22(26)16-8-5-9-19(27-2)21(16)25)20-12-17-15-7-4-3-6-14(15)10-11-18(17)28-20/h3-12,25H,1-2H3,(H,24,26). The van der Waals surface area contributed by atoms with Crippen molar-refractivity contribution in [1.82, 2.24) is 5.43 Å². The van der Waals surface area contributed by atoms with E-state index in [4.69, 9.17) is 9.15 Å². The number of nitrogens with zero attached hydrogens (tertiary/aromatic N) is 1. The van der Waals surface area contributed by atoms with E-state index in [0.29, 0.717) is 11.5 Å². The molecule has 0 aliphatic carbocycles. The van der Waals surface area contributed by atoms with Gasteiger partial charge in [0.25, 0.3) is 5.91 Å². The highest BCUT2D eigenvalue weighted by atomic mass is 16.5. The van der Waals surface area contributed by atoms with Crippen LogP contribution in [-0.4, -0.2) is 23.8 Å². The van der Waals surface area contributed by atoms with Gasteiger partial charge in [0.1, 0.15) is 11.3 Å². The fourth-order valence-electron chi connectivity index (χ4n) is 3.09. The zero-order chi connectivity index (χ0) is 19.7. The Balaban J connectivity index is 1.62. The second-order valence-electron chi connectivity index (χ2n) is 6.30. The van der Waals surface area contributed by atoms with E-state index >= 15 is 0 Å². The zero-order valence-electron chi connectivity index (χ0n) is 15.4. The number of furan rings is 1. The van der Waals surface area contributed by atoms with Crippen LogP contribution < -0.4 is 10.2 Å². The van der Waals surface area contributed by atoms with Gasteiger partial charge in [-0.15, -0.1) is 0 Å². The van der Waals surface area contributed by atoms with Crippen molar-refractivity contribution >= 4 is 33.4 Å². The number of hydrogen-bond acceptors (Lipinski definition) is 5. The number of aromatic hydroxyl groups is 1. The van der Waals surface area contributed by atoms with Gasteiger partial charge >= 0.3 is 0 Å². The lowest BCUT2D eigenvalue weighted by Crippen LogP contribution is -2.19. The number of amides is 1. The number of ether oxygens (including phenoxy) is 1. The van der Waals surface area contributed by atoms with Crippen LogP contribution in [-0.2, 0) is 0 Å². The van der Waals surface area contributed by atoms with Crippen LogP contribution in [0.2, 0.25) is 0 Å². The molecule has 0 atom stereocenters. The number of methoxy groups -OCH3 is 1. The Morgan fingerprint density at radius 2 is 1.89 bits per heavy atom. The Morgan fingerprint density at radius 3 is 2.71 bits per heavy atom. The maximum atomic E-state index is 12.4. The maximum Gasteiger partial charge on any atom is 0.275 e. The van der Waals surface area contributed by atoms with E-state index in [-0.39, 0.29) is 17.1 Å². The van der Waals surface area contributed by atoms with E-state index in [0.717, 1.165) is 21.7 Å². The van der Waals surface area contributed by atoms with E-state index in [1.54, 1.807) is 19.1 Å². The largest absolute Gasteiger partial charge is 0.504 e. The number of carbonyl (C=O) groups is 1. The summed E-state index contributed by atoms with van der Waals surface area (Å²) < 4.78 is 10.9. The minimum Gasteiger partial charge on any atom is -0.504 e. The van der Waals surface area contributed by atoms with Gasteiger partial charge < -0.3 is 14.3 Å². The lowest BCUT2D eigenvalue weighted by atomic mass is 10.1. The normalized spacial score (nSPS) is 11.7. The second kappa shape index (κ2) is 7.08. The Bertz CT molecular complexity index is 1220. The SMILES string of the molecule is COc1cccc(C(=O)NN=C(C)c2cc3c(ccc4ccccc43)o2)c1O. The number of fused-ring (bicyclic) bond motifs is 3. The molecule has 1 heterocycles. The van der Waals surface area contributed by atoms with Crippen molar-refractivity contribution in [2.45, 2.75) is 6.92 Å². The van der Waals surface area contributed by atoms with Gasteiger partial charge in [-0.3, -0.25) is 4.79 Å². The molecule has 0 aliphatic heterocycles. The predicted molar refractivity (Wildman–Crippen MR) is 108 cm³/mol. The van der Waals surface area contributed by atoms with Crippen LogP contribution in [0.25, 0.3) is 21.7 Å². The average Bonchev–Trinajstić information content (AvgIpc) is 3.17. The molecule has 1 aromatic heterocycles. The predicted octanol–water partition coefficient (Wildman–Crippen LogP) is 4.45. The van der Waals surface area contributed by atoms with Crippen molar-refractivity contribution in [2.75, 3.05) is 7.11 Å². The minimum atomic E-state index is -0.544. The van der Waals surface area contributed by atoms with E-state index in [9.17, 15) is 9.90 Å². The van der Waals surface area contributed by atoms with Crippen LogP contribution in [0.3, 0.4) is 0 Å². The third-order valence-corrected chi connectivity index (χ3v) is 4.57. The van der Waals surface area contributed by atoms with Gasteiger partial charge in [0.15, 0.2) is 17.3 Å². The molecule has 3 aromatic carbocycles. The van der Waals surface area contributed by atoms with Gasteiger partial charge in [0, 0.05) is 5.39 Å². The van der Waals surface area contributed by atoms with E-state index < -0.39 is 5.91 Å². The number of phenolic OH excluding ortho intramolecular Hbond substituents is 1. The van der Waals surface area contributed by atoms with Gasteiger partial charge in [-0.1, -0.05) is 36.4 Å². The van der Waals surface area contributed by atoms with Gasteiger partial charge in [0.2, 0.25) is 0 Å². The van der Waals surface area contributed by atoms with Crippen molar-refractivity contribution in [3.8, 4) is 11.5 Å². The average molecular weight is 374 g/mol. The number of nitrogens with one attached hydrogen (secondary N) is 1. The molecule has 6 nitrogen and oxygen atoms in total. The molecule has 6 heteroatoms. The summed E-state index contributed by atoms with van der Waals surface area (Å²) in [6.45, 7) is 1.74. The van der Waals surface area contributed by atoms with Gasteiger partial charge in [-0.25, -0.2) is 5.43 Å². The molecule has 0 aliphatic rings. The Kier molecular flexibility index (Phi) is 4.45. The molecule has 0 bridgehead atoms. The Labute approximate surface area is 161 Å². The first-order chi connectivity index (χ1) is 13.6. The summed E-state index contributed by atoms with van der Waals surface area (Å²) in [4.78, 5) is 12.4. The highest BCUT2D eigenvalue weighted by Crippen LogP contribution is 2.30. The number of benzene rings is 3. The number of hydrazone groups is 1.